The van der Waals surface area contributed by atoms with E-state index in [2.05, 4.69) is 0 Å². The molecular weight excluding hydrogens is 320 g/mol. The molecule has 0 bridgehead atoms. The summed E-state index contributed by atoms with van der Waals surface area (Å²) >= 11 is 0. The number of anilines is 1. The lowest BCUT2D eigenvalue weighted by Crippen LogP contribution is -2.47. The summed E-state index contributed by atoms with van der Waals surface area (Å²) in [7, 11) is 0. The molecule has 2 fully saturated rings. The molecule has 25 heavy (non-hydrogen) atoms. The molecule has 0 saturated carbocycles. The lowest BCUT2D eigenvalue weighted by molar-refractivity contribution is -0.149. The van der Waals surface area contributed by atoms with Crippen LogP contribution in [-0.4, -0.2) is 48.4 Å². The van der Waals surface area contributed by atoms with Gasteiger partial charge in [-0.05, 0) is 57.5 Å². The Morgan fingerprint density at radius 2 is 1.96 bits per heavy atom. The van der Waals surface area contributed by atoms with Gasteiger partial charge in [-0.15, -0.1) is 0 Å². The first kappa shape index (κ1) is 17.6. The number of nitrogens with zero attached hydrogens (tertiary/aromatic N) is 2. The van der Waals surface area contributed by atoms with Gasteiger partial charge < -0.3 is 4.74 Å². The number of aryl methyl sites for hydroxylation is 1. The summed E-state index contributed by atoms with van der Waals surface area (Å²) in [5.74, 6) is -0.577. The van der Waals surface area contributed by atoms with Gasteiger partial charge in [0.15, 0.2) is 0 Å². The van der Waals surface area contributed by atoms with Crippen molar-refractivity contribution in [3.8, 4) is 0 Å². The molecular formula is C19H24N2O4. The summed E-state index contributed by atoms with van der Waals surface area (Å²) in [4.78, 5) is 40.4. The summed E-state index contributed by atoms with van der Waals surface area (Å²) in [6, 6.07) is 7.01. The summed E-state index contributed by atoms with van der Waals surface area (Å²) in [6.07, 6.45) is 1.54. The van der Waals surface area contributed by atoms with Crippen LogP contribution >= 0.6 is 0 Å². The third kappa shape index (κ3) is 3.58. The standard InChI is InChI=1S/C19H24N2O4/c1-3-25-19(24)14-7-9-20(10-8-14)16-12-17(22)21(18(16)23)15-6-4-5-13(2)11-15/h4-6,11,14,16H,3,7-10,12H2,1-2H3/t16-/m1/s1. The van der Waals surface area contributed by atoms with Crippen LogP contribution in [-0.2, 0) is 19.1 Å². The van der Waals surface area contributed by atoms with Crippen LogP contribution in [0.25, 0.3) is 0 Å². The van der Waals surface area contributed by atoms with E-state index in [0.29, 0.717) is 38.2 Å². The predicted octanol–water partition coefficient (Wildman–Crippen LogP) is 1.90. The maximum absolute atomic E-state index is 12.8. The molecule has 2 heterocycles. The average molecular weight is 344 g/mol. The number of imide groups is 1. The number of hydrogen-bond acceptors (Lipinski definition) is 5. The van der Waals surface area contributed by atoms with Crippen LogP contribution in [0.1, 0.15) is 31.7 Å². The van der Waals surface area contributed by atoms with E-state index >= 15 is 0 Å². The van der Waals surface area contributed by atoms with Crippen molar-refractivity contribution in [2.75, 3.05) is 24.6 Å². The topological polar surface area (TPSA) is 66.9 Å². The number of benzene rings is 1. The van der Waals surface area contributed by atoms with Crippen LogP contribution in [0.5, 0.6) is 0 Å². The monoisotopic (exact) mass is 344 g/mol. The molecule has 3 rings (SSSR count). The van der Waals surface area contributed by atoms with Crippen LogP contribution in [0, 0.1) is 12.8 Å². The fourth-order valence-electron chi connectivity index (χ4n) is 3.65. The molecule has 0 aromatic heterocycles. The highest BCUT2D eigenvalue weighted by molar-refractivity contribution is 6.22. The van der Waals surface area contributed by atoms with Crippen molar-refractivity contribution in [2.45, 2.75) is 39.2 Å². The van der Waals surface area contributed by atoms with E-state index in [1.807, 2.05) is 30.0 Å². The molecule has 6 nitrogen and oxygen atoms in total. The highest BCUT2D eigenvalue weighted by atomic mass is 16.5. The molecule has 2 aliphatic heterocycles. The molecule has 1 aromatic rings. The minimum Gasteiger partial charge on any atom is -0.466 e. The van der Waals surface area contributed by atoms with E-state index in [0.717, 1.165) is 5.56 Å². The quantitative estimate of drug-likeness (QED) is 0.616. The van der Waals surface area contributed by atoms with E-state index in [4.69, 9.17) is 4.74 Å². The predicted molar refractivity (Wildman–Crippen MR) is 93.0 cm³/mol. The Kier molecular flexibility index (Phi) is 5.18. The minimum absolute atomic E-state index is 0.101. The average Bonchev–Trinajstić information content (AvgIpc) is 2.90. The number of esters is 1. The number of rotatable bonds is 4. The van der Waals surface area contributed by atoms with Gasteiger partial charge in [0, 0.05) is 0 Å². The molecule has 0 N–H and O–H groups in total. The molecule has 0 unspecified atom stereocenters. The van der Waals surface area contributed by atoms with E-state index in [9.17, 15) is 14.4 Å². The number of carbonyl (C=O) groups is 3. The number of amides is 2. The zero-order chi connectivity index (χ0) is 18.0. The highest BCUT2D eigenvalue weighted by Crippen LogP contribution is 2.29. The largest absolute Gasteiger partial charge is 0.466 e. The third-order valence-electron chi connectivity index (χ3n) is 4.97. The number of hydrogen-bond donors (Lipinski definition) is 0. The Bertz CT molecular complexity index is 680. The van der Waals surface area contributed by atoms with Gasteiger partial charge in [0.1, 0.15) is 0 Å². The van der Waals surface area contributed by atoms with E-state index in [-0.39, 0.29) is 30.1 Å². The third-order valence-corrected chi connectivity index (χ3v) is 4.97. The molecule has 134 valence electrons. The second-order valence-corrected chi connectivity index (χ2v) is 6.69. The van der Waals surface area contributed by atoms with Gasteiger partial charge >= 0.3 is 5.97 Å². The molecule has 2 aliphatic rings. The Morgan fingerprint density at radius 3 is 2.60 bits per heavy atom. The Morgan fingerprint density at radius 1 is 1.24 bits per heavy atom. The molecule has 6 heteroatoms. The smallest absolute Gasteiger partial charge is 0.309 e. The van der Waals surface area contributed by atoms with Crippen LogP contribution < -0.4 is 4.90 Å². The van der Waals surface area contributed by atoms with Gasteiger partial charge in [0.2, 0.25) is 5.91 Å². The molecule has 2 amide bonds. The Balaban J connectivity index is 1.66. The molecule has 1 aromatic carbocycles. The fourth-order valence-corrected chi connectivity index (χ4v) is 3.65. The summed E-state index contributed by atoms with van der Waals surface area (Å²) < 4.78 is 5.08. The van der Waals surface area contributed by atoms with Crippen molar-refractivity contribution in [2.24, 2.45) is 5.92 Å². The summed E-state index contributed by atoms with van der Waals surface area (Å²) in [5.41, 5.74) is 1.65. The van der Waals surface area contributed by atoms with Crippen molar-refractivity contribution in [3.05, 3.63) is 29.8 Å². The van der Waals surface area contributed by atoms with Gasteiger partial charge in [-0.3, -0.25) is 19.3 Å². The number of piperidine rings is 1. The zero-order valence-corrected chi connectivity index (χ0v) is 14.7. The minimum atomic E-state index is -0.420. The van der Waals surface area contributed by atoms with Crippen LogP contribution in [0.4, 0.5) is 5.69 Å². The van der Waals surface area contributed by atoms with Gasteiger partial charge in [-0.25, -0.2) is 4.90 Å². The maximum atomic E-state index is 12.8. The van der Waals surface area contributed by atoms with Crippen LogP contribution in [0.3, 0.4) is 0 Å². The summed E-state index contributed by atoms with van der Waals surface area (Å²) in [5, 5.41) is 0. The first-order valence-electron chi connectivity index (χ1n) is 8.85. The second kappa shape index (κ2) is 7.35. The van der Waals surface area contributed by atoms with Gasteiger partial charge in [0.05, 0.1) is 30.7 Å². The molecule has 0 aliphatic carbocycles. The molecule has 1 atom stereocenters. The zero-order valence-electron chi connectivity index (χ0n) is 14.7. The molecule has 2 saturated heterocycles. The fraction of sp³-hybridized carbons (Fsp3) is 0.526. The SMILES string of the molecule is CCOC(=O)C1CCN([C@@H]2CC(=O)N(c3cccc(C)c3)C2=O)CC1. The van der Waals surface area contributed by atoms with Crippen molar-refractivity contribution in [3.63, 3.8) is 0 Å². The lowest BCUT2D eigenvalue weighted by atomic mass is 9.95. The normalized spacial score (nSPS) is 22.5. The van der Waals surface area contributed by atoms with Crippen LogP contribution in [0.15, 0.2) is 24.3 Å². The van der Waals surface area contributed by atoms with Crippen molar-refractivity contribution in [1.82, 2.24) is 4.90 Å². The van der Waals surface area contributed by atoms with Gasteiger partial charge in [0.25, 0.3) is 5.91 Å². The number of carbonyl (C=O) groups excluding carboxylic acids is 3. The Labute approximate surface area is 147 Å². The molecule has 0 radical (unpaired) electrons. The van der Waals surface area contributed by atoms with E-state index in [1.54, 1.807) is 13.0 Å². The van der Waals surface area contributed by atoms with Crippen molar-refractivity contribution >= 4 is 23.5 Å². The van der Waals surface area contributed by atoms with Crippen LogP contribution in [0.2, 0.25) is 0 Å². The summed E-state index contributed by atoms with van der Waals surface area (Å²) in [6.45, 7) is 5.39. The number of ether oxygens (including phenoxy) is 1. The van der Waals surface area contributed by atoms with Crippen molar-refractivity contribution in [1.29, 1.82) is 0 Å². The lowest BCUT2D eigenvalue weighted by Gasteiger charge is -2.33. The first-order chi connectivity index (χ1) is 12.0. The number of likely N-dealkylation sites (tertiary alicyclic amines) is 1. The second-order valence-electron chi connectivity index (χ2n) is 6.69. The van der Waals surface area contributed by atoms with Gasteiger partial charge in [-0.2, -0.15) is 0 Å². The first-order valence-corrected chi connectivity index (χ1v) is 8.85. The van der Waals surface area contributed by atoms with E-state index in [1.165, 1.54) is 4.90 Å². The maximum Gasteiger partial charge on any atom is 0.309 e. The Hall–Kier alpha value is -2.21. The van der Waals surface area contributed by atoms with Crippen molar-refractivity contribution < 1.29 is 19.1 Å². The molecule has 0 spiro atoms. The van der Waals surface area contributed by atoms with E-state index < -0.39 is 6.04 Å². The van der Waals surface area contributed by atoms with Gasteiger partial charge in [-0.1, -0.05) is 12.1 Å². The highest BCUT2D eigenvalue weighted by Gasteiger charge is 2.44.